The molecule has 86 valence electrons. The molecule has 1 N–H and O–H groups in total. The maximum Gasteiger partial charge on any atom is 0.134 e. The van der Waals surface area contributed by atoms with Crippen molar-refractivity contribution < 1.29 is 9.15 Å². The van der Waals surface area contributed by atoms with Gasteiger partial charge in [-0.05, 0) is 32.2 Å². The van der Waals surface area contributed by atoms with Gasteiger partial charge in [-0.2, -0.15) is 0 Å². The number of hydrogen-bond donors (Lipinski definition) is 1. The van der Waals surface area contributed by atoms with E-state index in [9.17, 15) is 0 Å². The summed E-state index contributed by atoms with van der Waals surface area (Å²) in [5, 5.41) is 4.32. The molecule has 16 heavy (non-hydrogen) atoms. The second-order valence-corrected chi connectivity index (χ2v) is 3.99. The van der Waals surface area contributed by atoms with Gasteiger partial charge in [-0.15, -0.1) is 0 Å². The minimum atomic E-state index is 0.109. The van der Waals surface area contributed by atoms with E-state index in [1.165, 1.54) is 5.56 Å². The number of aryl methyl sites for hydroxylation is 1. The Kier molecular flexibility index (Phi) is 3.27. The number of nitrogens with one attached hydrogen (secondary N) is 1. The van der Waals surface area contributed by atoms with E-state index in [4.69, 9.17) is 9.15 Å². The average Bonchev–Trinajstić information content (AvgIpc) is 2.68. The summed E-state index contributed by atoms with van der Waals surface area (Å²) in [4.78, 5) is 0. The molecule has 2 aromatic rings. The van der Waals surface area contributed by atoms with Crippen molar-refractivity contribution in [2.24, 2.45) is 0 Å². The molecule has 1 unspecified atom stereocenters. The molecule has 2 rings (SSSR count). The molecule has 0 fully saturated rings. The van der Waals surface area contributed by atoms with Gasteiger partial charge in [-0.3, -0.25) is 0 Å². The van der Waals surface area contributed by atoms with Gasteiger partial charge >= 0.3 is 0 Å². The first-order chi connectivity index (χ1) is 7.74. The third-order valence-corrected chi connectivity index (χ3v) is 2.72. The fourth-order valence-electron chi connectivity index (χ4n) is 1.83. The van der Waals surface area contributed by atoms with Crippen molar-refractivity contribution in [2.75, 3.05) is 20.8 Å². The van der Waals surface area contributed by atoms with Crippen LogP contribution in [0.2, 0.25) is 0 Å². The Morgan fingerprint density at radius 2 is 2.19 bits per heavy atom. The fourth-order valence-corrected chi connectivity index (χ4v) is 1.83. The monoisotopic (exact) mass is 219 g/mol. The molecule has 3 heteroatoms. The summed E-state index contributed by atoms with van der Waals surface area (Å²) in [6.07, 6.45) is 0. The topological polar surface area (TPSA) is 34.4 Å². The van der Waals surface area contributed by atoms with Crippen molar-refractivity contribution in [1.82, 2.24) is 5.32 Å². The minimum absolute atomic E-state index is 0.109. The second-order valence-electron chi connectivity index (χ2n) is 3.99. The number of methoxy groups -OCH3 is 1. The number of benzene rings is 1. The molecule has 0 bridgehead atoms. The Morgan fingerprint density at radius 1 is 1.38 bits per heavy atom. The van der Waals surface area contributed by atoms with Crippen LogP contribution in [0.4, 0.5) is 0 Å². The predicted octanol–water partition coefficient (Wildman–Crippen LogP) is 2.65. The molecular formula is C13H17NO2. The van der Waals surface area contributed by atoms with E-state index in [-0.39, 0.29) is 6.04 Å². The lowest BCUT2D eigenvalue weighted by atomic mass is 10.1. The van der Waals surface area contributed by atoms with Gasteiger partial charge in [0.2, 0.25) is 0 Å². The normalized spacial score (nSPS) is 13.2. The number of ether oxygens (including phenoxy) is 1. The standard InChI is InChI=1S/C13H17NO2/c1-9-4-5-12-10(6-9)7-13(16-12)11(14-2)8-15-3/h4-7,11,14H,8H2,1-3H3. The van der Waals surface area contributed by atoms with Crippen LogP contribution in [-0.4, -0.2) is 20.8 Å². The van der Waals surface area contributed by atoms with Crippen LogP contribution in [0, 0.1) is 6.92 Å². The van der Waals surface area contributed by atoms with Crippen LogP contribution in [0.1, 0.15) is 17.4 Å². The van der Waals surface area contributed by atoms with E-state index in [1.54, 1.807) is 7.11 Å². The third kappa shape index (κ3) is 2.10. The third-order valence-electron chi connectivity index (χ3n) is 2.72. The van der Waals surface area contributed by atoms with Gasteiger partial charge in [-0.1, -0.05) is 11.6 Å². The first-order valence-corrected chi connectivity index (χ1v) is 5.41. The van der Waals surface area contributed by atoms with Crippen LogP contribution in [0.25, 0.3) is 11.0 Å². The van der Waals surface area contributed by atoms with Crippen LogP contribution in [0.3, 0.4) is 0 Å². The smallest absolute Gasteiger partial charge is 0.134 e. The first kappa shape index (κ1) is 11.2. The number of furan rings is 1. The van der Waals surface area contributed by atoms with Gasteiger partial charge in [0.05, 0.1) is 12.6 Å². The summed E-state index contributed by atoms with van der Waals surface area (Å²) in [6, 6.07) is 8.37. The van der Waals surface area contributed by atoms with Gasteiger partial charge in [0.15, 0.2) is 0 Å². The summed E-state index contributed by atoms with van der Waals surface area (Å²) in [7, 11) is 3.60. The Balaban J connectivity index is 2.37. The van der Waals surface area contributed by atoms with Crippen molar-refractivity contribution in [2.45, 2.75) is 13.0 Å². The summed E-state index contributed by atoms with van der Waals surface area (Å²) in [5.41, 5.74) is 2.17. The van der Waals surface area contributed by atoms with Crippen molar-refractivity contribution in [3.05, 3.63) is 35.6 Å². The van der Waals surface area contributed by atoms with Gasteiger partial charge in [0.1, 0.15) is 11.3 Å². The van der Waals surface area contributed by atoms with Gasteiger partial charge in [0.25, 0.3) is 0 Å². The number of fused-ring (bicyclic) bond motifs is 1. The first-order valence-electron chi connectivity index (χ1n) is 5.41. The quantitative estimate of drug-likeness (QED) is 0.858. The molecule has 0 saturated carbocycles. The van der Waals surface area contributed by atoms with E-state index in [0.29, 0.717) is 6.61 Å². The van der Waals surface area contributed by atoms with E-state index in [2.05, 4.69) is 30.4 Å². The highest BCUT2D eigenvalue weighted by Gasteiger charge is 2.14. The molecule has 0 aliphatic carbocycles. The summed E-state index contributed by atoms with van der Waals surface area (Å²) in [6.45, 7) is 2.69. The summed E-state index contributed by atoms with van der Waals surface area (Å²) >= 11 is 0. The Morgan fingerprint density at radius 3 is 2.88 bits per heavy atom. The maximum absolute atomic E-state index is 5.79. The molecule has 1 aromatic heterocycles. The van der Waals surface area contributed by atoms with Gasteiger partial charge < -0.3 is 14.5 Å². The SMILES string of the molecule is CNC(COC)c1cc2cc(C)ccc2o1. The van der Waals surface area contributed by atoms with Gasteiger partial charge in [0, 0.05) is 12.5 Å². The molecule has 0 radical (unpaired) electrons. The maximum atomic E-state index is 5.79. The highest BCUT2D eigenvalue weighted by molar-refractivity contribution is 5.78. The summed E-state index contributed by atoms with van der Waals surface area (Å²) < 4.78 is 10.9. The molecule has 0 aliphatic rings. The minimum Gasteiger partial charge on any atom is -0.459 e. The molecule has 0 amide bonds. The van der Waals surface area contributed by atoms with Crippen LogP contribution in [-0.2, 0) is 4.74 Å². The van der Waals surface area contributed by atoms with Crippen LogP contribution in [0.5, 0.6) is 0 Å². The zero-order valence-electron chi connectivity index (χ0n) is 9.91. The highest BCUT2D eigenvalue weighted by Crippen LogP contribution is 2.24. The molecule has 0 aliphatic heterocycles. The molecule has 0 spiro atoms. The lowest BCUT2D eigenvalue weighted by Gasteiger charge is -2.11. The van der Waals surface area contributed by atoms with Crippen molar-refractivity contribution in [1.29, 1.82) is 0 Å². The lowest BCUT2D eigenvalue weighted by Crippen LogP contribution is -2.20. The predicted molar refractivity (Wildman–Crippen MR) is 64.6 cm³/mol. The number of rotatable bonds is 4. The van der Waals surface area contributed by atoms with E-state index >= 15 is 0 Å². The average molecular weight is 219 g/mol. The largest absolute Gasteiger partial charge is 0.459 e. The molecular weight excluding hydrogens is 202 g/mol. The van der Waals surface area contributed by atoms with E-state index in [1.807, 2.05) is 13.1 Å². The Bertz CT molecular complexity index is 476. The zero-order valence-corrected chi connectivity index (χ0v) is 9.91. The number of likely N-dealkylation sites (N-methyl/N-ethyl adjacent to an activating group) is 1. The zero-order chi connectivity index (χ0) is 11.5. The molecule has 3 nitrogen and oxygen atoms in total. The number of hydrogen-bond acceptors (Lipinski definition) is 3. The molecule has 0 saturated heterocycles. The summed E-state index contributed by atoms with van der Waals surface area (Å²) in [5.74, 6) is 0.921. The highest BCUT2D eigenvalue weighted by atomic mass is 16.5. The van der Waals surface area contributed by atoms with Crippen LogP contribution >= 0.6 is 0 Å². The second kappa shape index (κ2) is 4.68. The Labute approximate surface area is 95.4 Å². The van der Waals surface area contributed by atoms with Crippen molar-refractivity contribution in [3.8, 4) is 0 Å². The van der Waals surface area contributed by atoms with E-state index in [0.717, 1.165) is 16.7 Å². The Hall–Kier alpha value is -1.32. The molecule has 1 atom stereocenters. The molecule has 1 heterocycles. The van der Waals surface area contributed by atoms with Crippen molar-refractivity contribution in [3.63, 3.8) is 0 Å². The van der Waals surface area contributed by atoms with Gasteiger partial charge in [-0.25, -0.2) is 0 Å². The van der Waals surface area contributed by atoms with Crippen LogP contribution in [0.15, 0.2) is 28.7 Å². The van der Waals surface area contributed by atoms with Crippen LogP contribution < -0.4 is 5.32 Å². The van der Waals surface area contributed by atoms with E-state index < -0.39 is 0 Å². The fraction of sp³-hybridized carbons (Fsp3) is 0.385. The van der Waals surface area contributed by atoms with Crippen molar-refractivity contribution >= 4 is 11.0 Å². The molecule has 1 aromatic carbocycles. The lowest BCUT2D eigenvalue weighted by molar-refractivity contribution is 0.162.